The predicted octanol–water partition coefficient (Wildman–Crippen LogP) is 0.991. The molecule has 0 aliphatic carbocycles. The number of pyridine rings is 1. The van der Waals surface area contributed by atoms with Crippen molar-refractivity contribution in [3.05, 3.63) is 29.6 Å². The summed E-state index contributed by atoms with van der Waals surface area (Å²) < 4.78 is 24.3. The molecule has 6 nitrogen and oxygen atoms in total. The second-order valence-corrected chi connectivity index (χ2v) is 7.83. The number of amides is 1. The maximum absolute atomic E-state index is 12.4. The summed E-state index contributed by atoms with van der Waals surface area (Å²) in [5.41, 5.74) is 0.536. The summed E-state index contributed by atoms with van der Waals surface area (Å²) in [5.74, 6) is -0.327. The van der Waals surface area contributed by atoms with Crippen LogP contribution in [0.25, 0.3) is 0 Å². The highest BCUT2D eigenvalue weighted by Crippen LogP contribution is 2.22. The van der Waals surface area contributed by atoms with Gasteiger partial charge in [0.1, 0.15) is 5.69 Å². The highest BCUT2D eigenvalue weighted by atomic mass is 32.2. The van der Waals surface area contributed by atoms with E-state index in [1.54, 1.807) is 13.8 Å². The van der Waals surface area contributed by atoms with Gasteiger partial charge in [-0.15, -0.1) is 0 Å². The fraction of sp³-hybridized carbons (Fsp3) is 0.500. The zero-order valence-electron chi connectivity index (χ0n) is 12.0. The van der Waals surface area contributed by atoms with Crippen LogP contribution >= 0.6 is 0 Å². The predicted molar refractivity (Wildman–Crippen MR) is 77.3 cm³/mol. The molecule has 0 N–H and O–H groups in total. The largest absolute Gasteiger partial charge is 0.335 e. The van der Waals surface area contributed by atoms with Gasteiger partial charge in [-0.1, -0.05) is 6.92 Å². The molecule has 2 rings (SSSR count). The maximum Gasteiger partial charge on any atom is 0.272 e. The van der Waals surface area contributed by atoms with Crippen molar-refractivity contribution in [3.63, 3.8) is 0 Å². The molecule has 2 atom stereocenters. The van der Waals surface area contributed by atoms with Gasteiger partial charge in [0.05, 0.1) is 22.1 Å². The number of rotatable bonds is 2. The van der Waals surface area contributed by atoms with Gasteiger partial charge in [0, 0.05) is 19.3 Å². The Morgan fingerprint density at radius 3 is 2.86 bits per heavy atom. The van der Waals surface area contributed by atoms with E-state index in [1.165, 1.54) is 23.2 Å². The van der Waals surface area contributed by atoms with Crippen LogP contribution in [0.15, 0.2) is 18.3 Å². The van der Waals surface area contributed by atoms with Gasteiger partial charge in [-0.2, -0.15) is 5.26 Å². The van der Waals surface area contributed by atoms with Crippen molar-refractivity contribution in [2.24, 2.45) is 0 Å². The van der Waals surface area contributed by atoms with Gasteiger partial charge in [0.15, 0.2) is 9.84 Å². The van der Waals surface area contributed by atoms with Crippen LogP contribution in [-0.4, -0.2) is 47.8 Å². The molecule has 21 heavy (non-hydrogen) atoms. The molecule has 1 aliphatic rings. The molecule has 1 amide bonds. The zero-order chi connectivity index (χ0) is 15.6. The highest BCUT2D eigenvalue weighted by Gasteiger charge is 2.39. The summed E-state index contributed by atoms with van der Waals surface area (Å²) in [5, 5.41) is 7.74. The topological polar surface area (TPSA) is 91.1 Å². The number of hydrogen-bond donors (Lipinski definition) is 0. The molecule has 2 heterocycles. The van der Waals surface area contributed by atoms with E-state index in [4.69, 9.17) is 5.26 Å². The molecular formula is C14H17N3O3S. The van der Waals surface area contributed by atoms with Gasteiger partial charge in [-0.25, -0.2) is 8.42 Å². The first kappa shape index (κ1) is 15.4. The smallest absolute Gasteiger partial charge is 0.272 e. The van der Waals surface area contributed by atoms with Crippen LogP contribution in [0.5, 0.6) is 0 Å². The fourth-order valence-corrected chi connectivity index (χ4v) is 4.37. The van der Waals surface area contributed by atoms with Crippen molar-refractivity contribution in [1.82, 2.24) is 9.88 Å². The quantitative estimate of drug-likeness (QED) is 0.812. The standard InChI is InChI=1S/C14H17N3O3S/c1-3-12-9-17(8-10(2)21(12,19)20)14(18)13-6-11(7-15)4-5-16-13/h4-6,10,12H,3,8-9H2,1-2H3. The summed E-state index contributed by atoms with van der Waals surface area (Å²) in [7, 11) is -3.18. The fourth-order valence-electron chi connectivity index (χ4n) is 2.47. The van der Waals surface area contributed by atoms with E-state index in [-0.39, 0.29) is 24.7 Å². The Bertz CT molecular complexity index is 694. The van der Waals surface area contributed by atoms with E-state index < -0.39 is 20.3 Å². The number of nitriles is 1. The molecule has 112 valence electrons. The Morgan fingerprint density at radius 2 is 2.24 bits per heavy atom. The van der Waals surface area contributed by atoms with Crippen LogP contribution in [0.3, 0.4) is 0 Å². The molecule has 1 aliphatic heterocycles. The van der Waals surface area contributed by atoms with E-state index in [2.05, 4.69) is 4.98 Å². The third-order valence-electron chi connectivity index (χ3n) is 3.78. The molecule has 2 unspecified atom stereocenters. The lowest BCUT2D eigenvalue weighted by atomic mass is 10.2. The second kappa shape index (κ2) is 5.82. The van der Waals surface area contributed by atoms with E-state index in [0.717, 1.165) is 0 Å². The average molecular weight is 307 g/mol. The summed E-state index contributed by atoms with van der Waals surface area (Å²) in [6, 6.07) is 4.91. The first-order valence-corrected chi connectivity index (χ1v) is 8.39. The molecule has 0 bridgehead atoms. The summed E-state index contributed by atoms with van der Waals surface area (Å²) >= 11 is 0. The molecule has 1 fully saturated rings. The number of carbonyl (C=O) groups excluding carboxylic acids is 1. The number of sulfone groups is 1. The van der Waals surface area contributed by atoms with Gasteiger partial charge < -0.3 is 4.90 Å². The number of aromatic nitrogens is 1. The van der Waals surface area contributed by atoms with Crippen LogP contribution in [-0.2, 0) is 9.84 Å². The highest BCUT2D eigenvalue weighted by molar-refractivity contribution is 7.92. The van der Waals surface area contributed by atoms with Gasteiger partial charge in [-0.05, 0) is 25.5 Å². The van der Waals surface area contributed by atoms with Crippen molar-refractivity contribution in [1.29, 1.82) is 5.26 Å². The summed E-state index contributed by atoms with van der Waals surface area (Å²) in [6.07, 6.45) is 1.88. The third-order valence-corrected chi connectivity index (χ3v) is 6.46. The van der Waals surface area contributed by atoms with Crippen LogP contribution in [0, 0.1) is 11.3 Å². The van der Waals surface area contributed by atoms with Crippen molar-refractivity contribution in [2.45, 2.75) is 30.8 Å². The Kier molecular flexibility index (Phi) is 4.28. The first-order chi connectivity index (χ1) is 9.90. The SMILES string of the molecule is CCC1CN(C(=O)c2cc(C#N)ccn2)CC(C)S1(=O)=O. The first-order valence-electron chi connectivity index (χ1n) is 6.78. The molecule has 1 aromatic heterocycles. The lowest BCUT2D eigenvalue weighted by molar-refractivity contribution is 0.0741. The van der Waals surface area contributed by atoms with Crippen molar-refractivity contribution >= 4 is 15.7 Å². The molecule has 0 spiro atoms. The van der Waals surface area contributed by atoms with Crippen LogP contribution < -0.4 is 0 Å². The Balaban J connectivity index is 2.26. The minimum atomic E-state index is -3.18. The van der Waals surface area contributed by atoms with Gasteiger partial charge in [0.2, 0.25) is 0 Å². The van der Waals surface area contributed by atoms with E-state index in [0.29, 0.717) is 12.0 Å². The molecule has 0 radical (unpaired) electrons. The summed E-state index contributed by atoms with van der Waals surface area (Å²) in [6.45, 7) is 3.77. The molecule has 0 saturated carbocycles. The minimum absolute atomic E-state index is 0.163. The maximum atomic E-state index is 12.4. The van der Waals surface area contributed by atoms with E-state index in [9.17, 15) is 13.2 Å². The number of nitrogens with zero attached hydrogens (tertiary/aromatic N) is 3. The van der Waals surface area contributed by atoms with Gasteiger partial charge in [-0.3, -0.25) is 9.78 Å². The van der Waals surface area contributed by atoms with Crippen LogP contribution in [0.1, 0.15) is 36.3 Å². The average Bonchev–Trinajstić information content (AvgIpc) is 2.49. The lowest BCUT2D eigenvalue weighted by Crippen LogP contribution is -2.53. The van der Waals surface area contributed by atoms with Crippen molar-refractivity contribution in [2.75, 3.05) is 13.1 Å². The summed E-state index contributed by atoms with van der Waals surface area (Å²) in [4.78, 5) is 17.9. The van der Waals surface area contributed by atoms with Gasteiger partial charge >= 0.3 is 0 Å². The number of carbonyl (C=O) groups is 1. The van der Waals surface area contributed by atoms with E-state index >= 15 is 0 Å². The van der Waals surface area contributed by atoms with E-state index in [1.807, 2.05) is 6.07 Å². The molecule has 1 saturated heterocycles. The number of hydrogen-bond acceptors (Lipinski definition) is 5. The molecule has 0 aromatic carbocycles. The minimum Gasteiger partial charge on any atom is -0.335 e. The monoisotopic (exact) mass is 307 g/mol. The zero-order valence-corrected chi connectivity index (χ0v) is 12.8. The Morgan fingerprint density at radius 1 is 1.52 bits per heavy atom. The molecule has 1 aromatic rings. The van der Waals surface area contributed by atoms with Crippen molar-refractivity contribution < 1.29 is 13.2 Å². The lowest BCUT2D eigenvalue weighted by Gasteiger charge is -2.35. The van der Waals surface area contributed by atoms with Gasteiger partial charge in [0.25, 0.3) is 5.91 Å². The Labute approximate surface area is 124 Å². The van der Waals surface area contributed by atoms with Crippen molar-refractivity contribution in [3.8, 4) is 6.07 Å². The normalized spacial score (nSPS) is 24.3. The van der Waals surface area contributed by atoms with Crippen LogP contribution in [0.2, 0.25) is 0 Å². The third kappa shape index (κ3) is 2.90. The van der Waals surface area contributed by atoms with Crippen LogP contribution in [0.4, 0.5) is 0 Å². The Hall–Kier alpha value is -1.94. The molecule has 7 heteroatoms. The molecular weight excluding hydrogens is 290 g/mol. The second-order valence-electron chi connectivity index (χ2n) is 5.18.